The molecule has 1 aromatic heterocycles. The van der Waals surface area contributed by atoms with Gasteiger partial charge in [-0.25, -0.2) is 0 Å². The lowest BCUT2D eigenvalue weighted by Crippen LogP contribution is -1.67. The number of aryl methyl sites for hydroxylation is 1. The molecule has 0 saturated heterocycles. The predicted molar refractivity (Wildman–Crippen MR) is 39.6 cm³/mol. The number of hydrogen-bond donors (Lipinski definition) is 0. The molecule has 1 nitrogen and oxygen atoms in total. The average molecular weight is 225 g/mol. The fourth-order valence-corrected chi connectivity index (χ4v) is 1.48. The highest BCUT2D eigenvalue weighted by Crippen LogP contribution is 2.10. The molecular weight excluding hydrogens is 221 g/mol. The molecule has 0 radical (unpaired) electrons. The van der Waals surface area contributed by atoms with E-state index in [1.54, 1.807) is 0 Å². The zero-order valence-corrected chi connectivity index (χ0v) is 6.78. The van der Waals surface area contributed by atoms with Crippen LogP contribution in [0, 0.1) is 10.5 Å². The molecule has 1 heterocycles. The van der Waals surface area contributed by atoms with Gasteiger partial charge < -0.3 is 0 Å². The fourth-order valence-electron chi connectivity index (χ4n) is 0.281. The zero-order chi connectivity index (χ0) is 5.28. The van der Waals surface area contributed by atoms with Crippen LogP contribution in [0.15, 0.2) is 5.38 Å². The standard InChI is InChI=1S/C4H4INS/c1-3-4(5)2-7-6-3/h2H,1H3. The van der Waals surface area contributed by atoms with Crippen LogP contribution in [-0.4, -0.2) is 4.37 Å². The molecule has 0 bridgehead atoms. The Kier molecular flexibility index (Phi) is 1.64. The van der Waals surface area contributed by atoms with Crippen molar-refractivity contribution >= 4 is 34.1 Å². The zero-order valence-electron chi connectivity index (χ0n) is 3.81. The minimum Gasteiger partial charge on any atom is -0.197 e. The van der Waals surface area contributed by atoms with Gasteiger partial charge in [0.15, 0.2) is 0 Å². The smallest absolute Gasteiger partial charge is 0.0644 e. The van der Waals surface area contributed by atoms with Gasteiger partial charge in [0.25, 0.3) is 0 Å². The Balaban J connectivity index is 3.12. The van der Waals surface area contributed by atoms with Crippen molar-refractivity contribution < 1.29 is 0 Å². The summed E-state index contributed by atoms with van der Waals surface area (Å²) < 4.78 is 5.32. The van der Waals surface area contributed by atoms with E-state index in [-0.39, 0.29) is 0 Å². The Morgan fingerprint density at radius 1 is 1.86 bits per heavy atom. The highest BCUT2D eigenvalue weighted by Gasteiger charge is 1.91. The fraction of sp³-hybridized carbons (Fsp3) is 0.250. The number of hydrogen-bond acceptors (Lipinski definition) is 2. The van der Waals surface area contributed by atoms with Gasteiger partial charge in [-0.1, -0.05) is 0 Å². The van der Waals surface area contributed by atoms with E-state index in [4.69, 9.17) is 0 Å². The van der Waals surface area contributed by atoms with Crippen molar-refractivity contribution in [2.75, 3.05) is 0 Å². The van der Waals surface area contributed by atoms with Gasteiger partial charge in [0.05, 0.1) is 5.69 Å². The van der Waals surface area contributed by atoms with Gasteiger partial charge in [-0.05, 0) is 41.0 Å². The van der Waals surface area contributed by atoms with Crippen molar-refractivity contribution in [3.8, 4) is 0 Å². The molecule has 0 aliphatic rings. The van der Waals surface area contributed by atoms with Gasteiger partial charge in [0.2, 0.25) is 0 Å². The molecule has 1 rings (SSSR count). The lowest BCUT2D eigenvalue weighted by molar-refractivity contribution is 1.32. The normalized spacial score (nSPS) is 9.43. The first kappa shape index (κ1) is 5.50. The van der Waals surface area contributed by atoms with Crippen LogP contribution in [0.5, 0.6) is 0 Å². The maximum atomic E-state index is 4.05. The highest BCUT2D eigenvalue weighted by molar-refractivity contribution is 14.1. The second-order valence-corrected chi connectivity index (χ2v) is 3.04. The van der Waals surface area contributed by atoms with Crippen molar-refractivity contribution in [1.82, 2.24) is 4.37 Å². The summed E-state index contributed by atoms with van der Waals surface area (Å²) in [4.78, 5) is 0. The second-order valence-electron chi connectivity index (χ2n) is 1.25. The first-order chi connectivity index (χ1) is 3.30. The Morgan fingerprint density at radius 3 is 2.71 bits per heavy atom. The van der Waals surface area contributed by atoms with Gasteiger partial charge in [-0.2, -0.15) is 4.37 Å². The van der Waals surface area contributed by atoms with E-state index < -0.39 is 0 Å². The summed E-state index contributed by atoms with van der Waals surface area (Å²) >= 11 is 3.78. The third-order valence-corrected chi connectivity index (χ3v) is 2.93. The van der Waals surface area contributed by atoms with E-state index in [1.807, 2.05) is 12.3 Å². The van der Waals surface area contributed by atoms with Gasteiger partial charge in [0.1, 0.15) is 0 Å². The maximum absolute atomic E-state index is 4.05. The van der Waals surface area contributed by atoms with Crippen LogP contribution in [0.3, 0.4) is 0 Å². The Hall–Kier alpha value is 0.360. The van der Waals surface area contributed by atoms with Crippen LogP contribution in [0.25, 0.3) is 0 Å². The minimum atomic E-state index is 1.14. The molecule has 1 aromatic rings. The summed E-state index contributed by atoms with van der Waals surface area (Å²) in [5, 5.41) is 2.04. The van der Waals surface area contributed by atoms with Crippen LogP contribution >= 0.6 is 34.1 Å². The molecule has 0 saturated carbocycles. The molecule has 0 aliphatic carbocycles. The largest absolute Gasteiger partial charge is 0.197 e. The van der Waals surface area contributed by atoms with Crippen molar-refractivity contribution in [3.63, 3.8) is 0 Å². The Labute approximate surface area is 60.1 Å². The molecule has 0 N–H and O–H groups in total. The lowest BCUT2D eigenvalue weighted by Gasteiger charge is -1.75. The summed E-state index contributed by atoms with van der Waals surface area (Å²) in [6, 6.07) is 0. The third kappa shape index (κ3) is 1.13. The van der Waals surface area contributed by atoms with Crippen molar-refractivity contribution in [1.29, 1.82) is 0 Å². The van der Waals surface area contributed by atoms with Gasteiger partial charge in [-0.15, -0.1) is 0 Å². The van der Waals surface area contributed by atoms with Crippen LogP contribution < -0.4 is 0 Å². The monoisotopic (exact) mass is 225 g/mol. The molecular formula is C4H4INS. The molecule has 0 fully saturated rings. The molecule has 3 heteroatoms. The second kappa shape index (κ2) is 2.09. The van der Waals surface area contributed by atoms with E-state index in [0.29, 0.717) is 0 Å². The highest BCUT2D eigenvalue weighted by atomic mass is 127. The molecule has 0 aliphatic heterocycles. The summed E-state index contributed by atoms with van der Waals surface area (Å²) in [6.45, 7) is 2.01. The van der Waals surface area contributed by atoms with E-state index in [0.717, 1.165) is 5.69 Å². The molecule has 7 heavy (non-hydrogen) atoms. The Morgan fingerprint density at radius 2 is 2.57 bits per heavy atom. The van der Waals surface area contributed by atoms with Crippen molar-refractivity contribution in [3.05, 3.63) is 14.6 Å². The summed E-state index contributed by atoms with van der Waals surface area (Å²) in [7, 11) is 0. The van der Waals surface area contributed by atoms with Crippen molar-refractivity contribution in [2.45, 2.75) is 6.92 Å². The molecule has 38 valence electrons. The van der Waals surface area contributed by atoms with E-state index in [2.05, 4.69) is 27.0 Å². The average Bonchev–Trinajstić information content (AvgIpc) is 1.91. The van der Waals surface area contributed by atoms with E-state index in [1.165, 1.54) is 15.1 Å². The Bertz CT molecular complexity index is 144. The maximum Gasteiger partial charge on any atom is 0.0644 e. The molecule has 0 atom stereocenters. The van der Waals surface area contributed by atoms with Gasteiger partial charge in [-0.3, -0.25) is 0 Å². The predicted octanol–water partition coefficient (Wildman–Crippen LogP) is 2.06. The van der Waals surface area contributed by atoms with Gasteiger partial charge in [0, 0.05) is 8.95 Å². The number of nitrogens with zero attached hydrogens (tertiary/aromatic N) is 1. The number of aromatic nitrogens is 1. The van der Waals surface area contributed by atoms with Crippen LogP contribution in [-0.2, 0) is 0 Å². The SMILES string of the molecule is Cc1nscc1I. The molecule has 0 amide bonds. The lowest BCUT2D eigenvalue weighted by atomic mass is 10.5. The third-order valence-electron chi connectivity index (χ3n) is 0.691. The number of halogens is 1. The summed E-state index contributed by atoms with van der Waals surface area (Å²) in [6.07, 6.45) is 0. The molecule has 0 aromatic carbocycles. The number of rotatable bonds is 0. The van der Waals surface area contributed by atoms with Crippen LogP contribution in [0.2, 0.25) is 0 Å². The quantitative estimate of drug-likeness (QED) is 0.616. The molecule has 0 spiro atoms. The van der Waals surface area contributed by atoms with E-state index >= 15 is 0 Å². The summed E-state index contributed by atoms with van der Waals surface area (Å²) in [5.74, 6) is 0. The topological polar surface area (TPSA) is 12.9 Å². The molecule has 0 unspecified atom stereocenters. The van der Waals surface area contributed by atoms with E-state index in [9.17, 15) is 0 Å². The van der Waals surface area contributed by atoms with Crippen LogP contribution in [0.1, 0.15) is 5.69 Å². The van der Waals surface area contributed by atoms with Crippen LogP contribution in [0.4, 0.5) is 0 Å². The van der Waals surface area contributed by atoms with Gasteiger partial charge >= 0.3 is 0 Å². The van der Waals surface area contributed by atoms with Crippen molar-refractivity contribution in [2.24, 2.45) is 0 Å². The first-order valence-corrected chi connectivity index (χ1v) is 3.78. The first-order valence-electron chi connectivity index (χ1n) is 1.87. The summed E-state index contributed by atoms with van der Waals surface area (Å²) in [5.41, 5.74) is 1.14. The minimum absolute atomic E-state index is 1.14.